The van der Waals surface area contributed by atoms with Gasteiger partial charge < -0.3 is 14.6 Å². The molecule has 0 bridgehead atoms. The van der Waals surface area contributed by atoms with Crippen LogP contribution in [0.15, 0.2) is 43.0 Å². The van der Waals surface area contributed by atoms with Crippen molar-refractivity contribution >= 4 is 5.97 Å². The topological polar surface area (TPSA) is 99.4 Å². The van der Waals surface area contributed by atoms with Crippen LogP contribution in [0.25, 0.3) is 5.95 Å². The maximum Gasteiger partial charge on any atom is 0.338 e. The minimum absolute atomic E-state index is 0.0172. The number of aromatic carboxylic acids is 1. The Morgan fingerprint density at radius 3 is 2.68 bits per heavy atom. The second-order valence-electron chi connectivity index (χ2n) is 4.92. The van der Waals surface area contributed by atoms with Gasteiger partial charge in [-0.15, -0.1) is 0 Å². The highest BCUT2D eigenvalue weighted by molar-refractivity contribution is 5.86. The van der Waals surface area contributed by atoms with Crippen molar-refractivity contribution in [3.8, 4) is 17.4 Å². The van der Waals surface area contributed by atoms with Gasteiger partial charge in [-0.3, -0.25) is 0 Å². The molecule has 0 radical (unpaired) electrons. The van der Waals surface area contributed by atoms with E-state index in [4.69, 9.17) is 14.6 Å². The number of carboxylic acids is 1. The maximum absolute atomic E-state index is 14.0. The van der Waals surface area contributed by atoms with E-state index < -0.39 is 11.8 Å². The Hall–Kier alpha value is -3.49. The van der Waals surface area contributed by atoms with Gasteiger partial charge in [0.25, 0.3) is 5.95 Å². The number of halogens is 1. The third kappa shape index (κ3) is 3.55. The van der Waals surface area contributed by atoms with Crippen molar-refractivity contribution in [3.63, 3.8) is 0 Å². The predicted molar refractivity (Wildman–Crippen MR) is 83.4 cm³/mol. The molecule has 8 nitrogen and oxygen atoms in total. The van der Waals surface area contributed by atoms with Crippen LogP contribution in [0.2, 0.25) is 0 Å². The Kier molecular flexibility index (Phi) is 4.55. The summed E-state index contributed by atoms with van der Waals surface area (Å²) in [5.74, 6) is -0.920. The summed E-state index contributed by atoms with van der Waals surface area (Å²) >= 11 is 0. The Balaban J connectivity index is 1.69. The molecule has 9 heteroatoms. The van der Waals surface area contributed by atoms with Crippen molar-refractivity contribution in [2.24, 2.45) is 0 Å². The number of hydrogen-bond donors (Lipinski definition) is 1. The molecular formula is C16H13FN4O4. The largest absolute Gasteiger partial charge is 0.494 e. The van der Waals surface area contributed by atoms with Crippen molar-refractivity contribution in [1.29, 1.82) is 0 Å². The molecule has 0 unspecified atom stereocenters. The number of methoxy groups -OCH3 is 1. The van der Waals surface area contributed by atoms with Crippen LogP contribution in [0.4, 0.5) is 4.39 Å². The number of rotatable bonds is 6. The number of hydrogen-bond acceptors (Lipinski definition) is 6. The van der Waals surface area contributed by atoms with E-state index in [9.17, 15) is 9.18 Å². The number of carbonyl (C=O) groups is 1. The highest BCUT2D eigenvalue weighted by Gasteiger charge is 2.11. The van der Waals surface area contributed by atoms with Crippen LogP contribution in [-0.4, -0.2) is 37.9 Å². The second-order valence-corrected chi connectivity index (χ2v) is 4.92. The molecule has 0 amide bonds. The average molecular weight is 344 g/mol. The molecule has 0 saturated carbocycles. The van der Waals surface area contributed by atoms with Gasteiger partial charge in [-0.2, -0.15) is 5.10 Å². The van der Waals surface area contributed by atoms with E-state index in [0.29, 0.717) is 11.3 Å². The Bertz CT molecular complexity index is 895. The van der Waals surface area contributed by atoms with Crippen molar-refractivity contribution in [1.82, 2.24) is 19.7 Å². The van der Waals surface area contributed by atoms with Gasteiger partial charge in [-0.05, 0) is 6.07 Å². The number of benzene rings is 1. The Morgan fingerprint density at radius 1 is 1.28 bits per heavy atom. The Labute approximate surface area is 141 Å². The molecule has 1 aromatic carbocycles. The lowest BCUT2D eigenvalue weighted by Gasteiger charge is -2.09. The molecular weight excluding hydrogens is 331 g/mol. The van der Waals surface area contributed by atoms with E-state index in [2.05, 4.69) is 15.1 Å². The third-order valence-electron chi connectivity index (χ3n) is 3.31. The molecule has 2 heterocycles. The minimum Gasteiger partial charge on any atom is -0.494 e. The maximum atomic E-state index is 14.0. The normalized spacial score (nSPS) is 10.5. The van der Waals surface area contributed by atoms with E-state index in [0.717, 1.165) is 0 Å². The van der Waals surface area contributed by atoms with Crippen LogP contribution in [0, 0.1) is 5.82 Å². The smallest absolute Gasteiger partial charge is 0.338 e. The van der Waals surface area contributed by atoms with Gasteiger partial charge >= 0.3 is 5.97 Å². The molecule has 2 aromatic heterocycles. The van der Waals surface area contributed by atoms with E-state index in [1.807, 2.05) is 0 Å². The molecule has 0 atom stereocenters. The summed E-state index contributed by atoms with van der Waals surface area (Å²) in [5.41, 5.74) is 0.360. The monoisotopic (exact) mass is 344 g/mol. The predicted octanol–water partition coefficient (Wildman–Crippen LogP) is 2.09. The first-order chi connectivity index (χ1) is 12.1. The van der Waals surface area contributed by atoms with E-state index >= 15 is 0 Å². The summed E-state index contributed by atoms with van der Waals surface area (Å²) in [6.07, 6.45) is 5.27. The minimum atomic E-state index is -1.09. The molecule has 0 fully saturated rings. The van der Waals surface area contributed by atoms with Gasteiger partial charge in [0.05, 0.1) is 31.3 Å². The van der Waals surface area contributed by atoms with Crippen LogP contribution in [0.5, 0.6) is 11.5 Å². The lowest BCUT2D eigenvalue weighted by molar-refractivity contribution is 0.0697. The van der Waals surface area contributed by atoms with Gasteiger partial charge in [0.1, 0.15) is 6.61 Å². The standard InChI is InChI=1S/C16H13FN4O4/c1-24-13-4-2-3-10(14(13)17)9-25-12-6-18-16(19-7-12)21-8-11(5-20-21)15(22)23/h2-8H,9H2,1H3,(H,22,23). The van der Waals surface area contributed by atoms with E-state index in [1.54, 1.807) is 12.1 Å². The molecule has 0 aliphatic carbocycles. The molecule has 3 rings (SSSR count). The van der Waals surface area contributed by atoms with Crippen LogP contribution < -0.4 is 9.47 Å². The molecule has 0 spiro atoms. The summed E-state index contributed by atoms with van der Waals surface area (Å²) in [5, 5.41) is 12.7. The Morgan fingerprint density at radius 2 is 2.04 bits per heavy atom. The van der Waals surface area contributed by atoms with E-state index in [1.165, 1.54) is 42.6 Å². The van der Waals surface area contributed by atoms with Gasteiger partial charge in [0.15, 0.2) is 17.3 Å². The van der Waals surface area contributed by atoms with Crippen LogP contribution >= 0.6 is 0 Å². The molecule has 128 valence electrons. The van der Waals surface area contributed by atoms with Crippen LogP contribution in [-0.2, 0) is 6.61 Å². The summed E-state index contributed by atoms with van der Waals surface area (Å²) < 4.78 is 25.6. The fourth-order valence-corrected chi connectivity index (χ4v) is 2.03. The van der Waals surface area contributed by atoms with Crippen LogP contribution in [0.3, 0.4) is 0 Å². The third-order valence-corrected chi connectivity index (χ3v) is 3.31. The molecule has 1 N–H and O–H groups in total. The van der Waals surface area contributed by atoms with Crippen molar-refractivity contribution in [3.05, 3.63) is 59.9 Å². The summed E-state index contributed by atoms with van der Waals surface area (Å²) in [6, 6.07) is 4.77. The number of carboxylic acid groups (broad SMARTS) is 1. The number of nitrogens with zero attached hydrogens (tertiary/aromatic N) is 4. The van der Waals surface area contributed by atoms with Crippen molar-refractivity contribution < 1.29 is 23.8 Å². The average Bonchev–Trinajstić information content (AvgIpc) is 3.12. The van der Waals surface area contributed by atoms with Gasteiger partial charge in [0, 0.05) is 11.8 Å². The first kappa shape index (κ1) is 16.4. The fourth-order valence-electron chi connectivity index (χ4n) is 2.03. The lowest BCUT2D eigenvalue weighted by atomic mass is 10.2. The summed E-state index contributed by atoms with van der Waals surface area (Å²) in [4.78, 5) is 18.9. The van der Waals surface area contributed by atoms with Crippen LogP contribution in [0.1, 0.15) is 15.9 Å². The number of aromatic nitrogens is 4. The summed E-state index contributed by atoms with van der Waals surface area (Å²) in [6.45, 7) is -0.0172. The lowest BCUT2D eigenvalue weighted by Crippen LogP contribution is -2.04. The molecule has 0 aliphatic heterocycles. The van der Waals surface area contributed by atoms with Gasteiger partial charge in [0.2, 0.25) is 0 Å². The fraction of sp³-hybridized carbons (Fsp3) is 0.125. The SMILES string of the molecule is COc1cccc(COc2cnc(-n3cc(C(=O)O)cn3)nc2)c1F. The first-order valence-corrected chi connectivity index (χ1v) is 7.13. The molecule has 25 heavy (non-hydrogen) atoms. The van der Waals surface area contributed by atoms with Gasteiger partial charge in [-0.25, -0.2) is 23.8 Å². The highest BCUT2D eigenvalue weighted by atomic mass is 19.1. The van der Waals surface area contributed by atoms with Crippen molar-refractivity contribution in [2.75, 3.05) is 7.11 Å². The van der Waals surface area contributed by atoms with Gasteiger partial charge in [-0.1, -0.05) is 12.1 Å². The molecule has 0 aliphatic rings. The first-order valence-electron chi connectivity index (χ1n) is 7.13. The van der Waals surface area contributed by atoms with Crippen molar-refractivity contribution in [2.45, 2.75) is 6.61 Å². The molecule has 0 saturated heterocycles. The highest BCUT2D eigenvalue weighted by Crippen LogP contribution is 2.21. The zero-order valence-electron chi connectivity index (χ0n) is 13.1. The second kappa shape index (κ2) is 6.95. The zero-order valence-corrected chi connectivity index (χ0v) is 13.1. The quantitative estimate of drug-likeness (QED) is 0.731. The van der Waals surface area contributed by atoms with E-state index in [-0.39, 0.29) is 23.9 Å². The zero-order chi connectivity index (χ0) is 17.8. The summed E-state index contributed by atoms with van der Waals surface area (Å²) in [7, 11) is 1.39. The number of ether oxygens (including phenoxy) is 2. The molecule has 3 aromatic rings.